The van der Waals surface area contributed by atoms with Gasteiger partial charge in [-0.3, -0.25) is 9.69 Å². The Morgan fingerprint density at radius 2 is 1.70 bits per heavy atom. The lowest BCUT2D eigenvalue weighted by Gasteiger charge is -2.36. The summed E-state index contributed by atoms with van der Waals surface area (Å²) in [5.74, 6) is 2.05. The molecule has 0 unspecified atom stereocenters. The maximum absolute atomic E-state index is 12.9. The molecule has 0 radical (unpaired) electrons. The molecule has 1 amide bonds. The van der Waals surface area contributed by atoms with Gasteiger partial charge in [0.1, 0.15) is 6.61 Å². The van der Waals surface area contributed by atoms with Crippen LogP contribution in [0.3, 0.4) is 0 Å². The van der Waals surface area contributed by atoms with E-state index in [2.05, 4.69) is 20.4 Å². The molecule has 3 aromatic rings. The van der Waals surface area contributed by atoms with E-state index < -0.39 is 6.10 Å². The molecule has 0 spiro atoms. The third-order valence-corrected chi connectivity index (χ3v) is 5.37. The summed E-state index contributed by atoms with van der Waals surface area (Å²) < 4.78 is 13.3. The van der Waals surface area contributed by atoms with E-state index in [4.69, 9.17) is 9.47 Å². The molecule has 1 fully saturated rings. The molecule has 5 rings (SSSR count). The first kappa shape index (κ1) is 18.6. The first-order valence-electron chi connectivity index (χ1n) is 10.0. The van der Waals surface area contributed by atoms with Crippen molar-refractivity contribution in [3.8, 4) is 17.2 Å². The monoisotopic (exact) mass is 406 g/mol. The lowest BCUT2D eigenvalue weighted by molar-refractivity contribution is -0.143. The Kier molecular flexibility index (Phi) is 5.02. The first-order chi connectivity index (χ1) is 14.8. The van der Waals surface area contributed by atoms with Crippen molar-refractivity contribution in [1.29, 1.82) is 0 Å². The summed E-state index contributed by atoms with van der Waals surface area (Å²) in [5.41, 5.74) is 0.932. The lowest BCUT2D eigenvalue weighted by atomic mass is 10.2. The summed E-state index contributed by atoms with van der Waals surface area (Å²) in [7, 11) is 0. The summed E-state index contributed by atoms with van der Waals surface area (Å²) in [6.07, 6.45) is -0.600. The van der Waals surface area contributed by atoms with Gasteiger partial charge in [0.2, 0.25) is 6.10 Å². The number of para-hydroxylation sites is 3. The molecule has 0 bridgehead atoms. The zero-order chi connectivity index (χ0) is 20.3. The van der Waals surface area contributed by atoms with Crippen LogP contribution in [0.2, 0.25) is 0 Å². The van der Waals surface area contributed by atoms with Gasteiger partial charge in [0, 0.05) is 26.2 Å². The predicted molar refractivity (Wildman–Crippen MR) is 107 cm³/mol. The van der Waals surface area contributed by atoms with Gasteiger partial charge in [0.05, 0.1) is 12.2 Å². The van der Waals surface area contributed by atoms with Crippen LogP contribution in [0.25, 0.3) is 5.69 Å². The average Bonchev–Trinajstić information content (AvgIpc) is 3.27. The Labute approximate surface area is 173 Å². The summed E-state index contributed by atoms with van der Waals surface area (Å²) in [6, 6.07) is 17.3. The Bertz CT molecular complexity index is 1020. The van der Waals surface area contributed by atoms with E-state index in [1.165, 1.54) is 0 Å². The molecule has 0 aliphatic carbocycles. The maximum atomic E-state index is 12.9. The normalized spacial score (nSPS) is 18.9. The van der Waals surface area contributed by atoms with Crippen molar-refractivity contribution in [3.63, 3.8) is 0 Å². The van der Waals surface area contributed by atoms with E-state index >= 15 is 0 Å². The van der Waals surface area contributed by atoms with Crippen LogP contribution in [0.15, 0.2) is 54.6 Å². The molecule has 2 aliphatic rings. The van der Waals surface area contributed by atoms with Gasteiger partial charge < -0.3 is 14.4 Å². The smallest absolute Gasteiger partial charge is 0.267 e. The van der Waals surface area contributed by atoms with Crippen molar-refractivity contribution in [2.45, 2.75) is 12.6 Å². The Hall–Kier alpha value is -3.46. The number of carbonyl (C=O) groups is 1. The molecule has 2 aromatic carbocycles. The molecule has 1 atom stereocenters. The fourth-order valence-electron chi connectivity index (χ4n) is 3.75. The second-order valence-corrected chi connectivity index (χ2v) is 7.31. The van der Waals surface area contributed by atoms with Crippen LogP contribution in [0.1, 0.15) is 5.82 Å². The number of amides is 1. The number of rotatable bonds is 4. The number of hydrogen-bond donors (Lipinski definition) is 0. The average molecular weight is 406 g/mol. The molecule has 154 valence electrons. The standard InChI is InChI=1S/C21H22N6O3/c28-21(19-15-29-17-8-4-5-9-18(17)30-19)26-12-10-25(11-13-26)14-20-22-23-24-27(20)16-6-2-1-3-7-16/h1-9,19H,10-15H2/t19-/m1/s1. The zero-order valence-corrected chi connectivity index (χ0v) is 16.4. The van der Waals surface area contributed by atoms with E-state index in [0.29, 0.717) is 31.1 Å². The van der Waals surface area contributed by atoms with E-state index in [0.717, 1.165) is 24.6 Å². The van der Waals surface area contributed by atoms with Crippen LogP contribution in [0, 0.1) is 0 Å². The minimum Gasteiger partial charge on any atom is -0.485 e. The molecular formula is C21H22N6O3. The van der Waals surface area contributed by atoms with Gasteiger partial charge in [-0.25, -0.2) is 0 Å². The largest absolute Gasteiger partial charge is 0.485 e. The predicted octanol–water partition coefficient (Wildman–Crippen LogP) is 1.15. The molecule has 9 heteroatoms. The minimum atomic E-state index is -0.600. The van der Waals surface area contributed by atoms with E-state index in [-0.39, 0.29) is 12.5 Å². The van der Waals surface area contributed by atoms with Crippen molar-refractivity contribution in [3.05, 3.63) is 60.4 Å². The minimum absolute atomic E-state index is 0.0294. The van der Waals surface area contributed by atoms with Gasteiger partial charge in [-0.05, 0) is 34.7 Å². The van der Waals surface area contributed by atoms with Crippen molar-refractivity contribution in [1.82, 2.24) is 30.0 Å². The van der Waals surface area contributed by atoms with Crippen LogP contribution in [-0.2, 0) is 11.3 Å². The van der Waals surface area contributed by atoms with Gasteiger partial charge in [0.25, 0.3) is 5.91 Å². The first-order valence-corrected chi connectivity index (χ1v) is 10.0. The van der Waals surface area contributed by atoms with Gasteiger partial charge in [-0.2, -0.15) is 4.68 Å². The number of carbonyl (C=O) groups excluding carboxylic acids is 1. The van der Waals surface area contributed by atoms with Gasteiger partial charge >= 0.3 is 0 Å². The van der Waals surface area contributed by atoms with Crippen LogP contribution < -0.4 is 9.47 Å². The summed E-state index contributed by atoms with van der Waals surface area (Å²) >= 11 is 0. The number of tetrazole rings is 1. The molecule has 0 N–H and O–H groups in total. The number of fused-ring (bicyclic) bond motifs is 1. The second-order valence-electron chi connectivity index (χ2n) is 7.31. The quantitative estimate of drug-likeness (QED) is 0.642. The fraction of sp³-hybridized carbons (Fsp3) is 0.333. The third kappa shape index (κ3) is 3.71. The maximum Gasteiger partial charge on any atom is 0.267 e. The van der Waals surface area contributed by atoms with Crippen molar-refractivity contribution < 1.29 is 14.3 Å². The highest BCUT2D eigenvalue weighted by Crippen LogP contribution is 2.31. The number of nitrogens with zero attached hydrogens (tertiary/aromatic N) is 6. The molecule has 1 aromatic heterocycles. The van der Waals surface area contributed by atoms with Crippen molar-refractivity contribution in [2.24, 2.45) is 0 Å². The molecular weight excluding hydrogens is 384 g/mol. The summed E-state index contributed by atoms with van der Waals surface area (Å²) in [4.78, 5) is 17.0. The van der Waals surface area contributed by atoms with Crippen LogP contribution in [-0.4, -0.2) is 74.8 Å². The number of benzene rings is 2. The number of aromatic nitrogens is 4. The Morgan fingerprint density at radius 3 is 2.50 bits per heavy atom. The number of ether oxygens (including phenoxy) is 2. The van der Waals surface area contributed by atoms with Gasteiger partial charge in [-0.15, -0.1) is 5.10 Å². The van der Waals surface area contributed by atoms with E-state index in [1.807, 2.05) is 59.5 Å². The van der Waals surface area contributed by atoms with Crippen LogP contribution >= 0.6 is 0 Å². The topological polar surface area (TPSA) is 85.6 Å². The molecule has 9 nitrogen and oxygen atoms in total. The molecule has 30 heavy (non-hydrogen) atoms. The van der Waals surface area contributed by atoms with Crippen LogP contribution in [0.4, 0.5) is 0 Å². The highest BCUT2D eigenvalue weighted by Gasteiger charge is 2.32. The SMILES string of the molecule is O=C([C@H]1COc2ccccc2O1)N1CCN(Cc2nnnn2-c2ccccc2)CC1. The number of piperazine rings is 1. The van der Waals surface area contributed by atoms with Crippen molar-refractivity contribution in [2.75, 3.05) is 32.8 Å². The Morgan fingerprint density at radius 1 is 0.967 bits per heavy atom. The lowest BCUT2D eigenvalue weighted by Crippen LogP contribution is -2.53. The van der Waals surface area contributed by atoms with E-state index in [9.17, 15) is 4.79 Å². The highest BCUT2D eigenvalue weighted by molar-refractivity contribution is 5.82. The molecule has 2 aliphatic heterocycles. The second kappa shape index (κ2) is 8.11. The van der Waals surface area contributed by atoms with Crippen LogP contribution in [0.5, 0.6) is 11.5 Å². The molecule has 3 heterocycles. The Balaban J connectivity index is 1.18. The van der Waals surface area contributed by atoms with Crippen molar-refractivity contribution >= 4 is 5.91 Å². The summed E-state index contributed by atoms with van der Waals surface area (Å²) in [5, 5.41) is 12.1. The molecule has 1 saturated heterocycles. The fourth-order valence-corrected chi connectivity index (χ4v) is 3.75. The van der Waals surface area contributed by atoms with Gasteiger partial charge in [0.15, 0.2) is 17.3 Å². The molecule has 0 saturated carbocycles. The van der Waals surface area contributed by atoms with E-state index in [1.54, 1.807) is 4.68 Å². The third-order valence-electron chi connectivity index (χ3n) is 5.37. The van der Waals surface area contributed by atoms with Gasteiger partial charge in [-0.1, -0.05) is 30.3 Å². The zero-order valence-electron chi connectivity index (χ0n) is 16.4. The summed E-state index contributed by atoms with van der Waals surface area (Å²) in [6.45, 7) is 3.62. The highest BCUT2D eigenvalue weighted by atomic mass is 16.6. The number of hydrogen-bond acceptors (Lipinski definition) is 7.